The lowest BCUT2D eigenvalue weighted by Gasteiger charge is -2.36. The van der Waals surface area contributed by atoms with Crippen molar-refractivity contribution in [2.45, 2.75) is 51.6 Å². The van der Waals surface area contributed by atoms with Crippen molar-refractivity contribution in [1.82, 2.24) is 9.88 Å². The summed E-state index contributed by atoms with van der Waals surface area (Å²) < 4.78 is 5.51. The Kier molecular flexibility index (Phi) is 3.25. The van der Waals surface area contributed by atoms with Crippen molar-refractivity contribution in [2.75, 3.05) is 0 Å². The van der Waals surface area contributed by atoms with Crippen LogP contribution in [0, 0.1) is 6.92 Å². The van der Waals surface area contributed by atoms with Crippen molar-refractivity contribution in [3.63, 3.8) is 0 Å². The van der Waals surface area contributed by atoms with Gasteiger partial charge in [0.15, 0.2) is 0 Å². The third-order valence-corrected chi connectivity index (χ3v) is 4.78. The summed E-state index contributed by atoms with van der Waals surface area (Å²) in [5.41, 5.74) is 3.11. The molecule has 1 aliphatic carbocycles. The first-order valence-corrected chi connectivity index (χ1v) is 8.09. The molecule has 0 unspecified atom stereocenters. The van der Waals surface area contributed by atoms with Crippen LogP contribution in [0.25, 0.3) is 10.9 Å². The molecule has 1 aliphatic heterocycles. The van der Waals surface area contributed by atoms with Gasteiger partial charge in [0.2, 0.25) is 5.88 Å². The lowest BCUT2D eigenvalue weighted by atomic mass is 9.94. The zero-order valence-corrected chi connectivity index (χ0v) is 12.8. The standard InChI is InChI=1S/C18H20N2O2/c1-12-7-8-16-13(9-12)10-14-11-20(15-5-3-2-4-6-15)18(21)22-17(14)19-16/h7-10,15H,2-6,11H2,1H3. The SMILES string of the molecule is Cc1ccc2nc3c(cc2c1)CN(C1CCCCC1)C(=O)O3. The monoisotopic (exact) mass is 296 g/mol. The average Bonchev–Trinajstić information content (AvgIpc) is 2.53. The van der Waals surface area contributed by atoms with Crippen LogP contribution in [0.15, 0.2) is 24.3 Å². The van der Waals surface area contributed by atoms with E-state index in [1.807, 2.05) is 17.0 Å². The zero-order chi connectivity index (χ0) is 15.1. The van der Waals surface area contributed by atoms with Gasteiger partial charge in [-0.2, -0.15) is 0 Å². The molecule has 4 rings (SSSR count). The summed E-state index contributed by atoms with van der Waals surface area (Å²) in [5, 5.41) is 1.11. The smallest absolute Gasteiger partial charge is 0.391 e. The van der Waals surface area contributed by atoms with E-state index in [2.05, 4.69) is 24.0 Å². The van der Waals surface area contributed by atoms with E-state index in [0.717, 1.165) is 29.3 Å². The molecule has 1 saturated carbocycles. The molecule has 0 radical (unpaired) electrons. The molecule has 4 nitrogen and oxygen atoms in total. The molecule has 1 aromatic heterocycles. The first-order chi connectivity index (χ1) is 10.7. The van der Waals surface area contributed by atoms with Gasteiger partial charge in [-0.15, -0.1) is 0 Å². The van der Waals surface area contributed by atoms with Gasteiger partial charge in [-0.1, -0.05) is 30.9 Å². The first kappa shape index (κ1) is 13.6. The molecule has 4 heteroatoms. The van der Waals surface area contributed by atoms with Crippen molar-refractivity contribution in [2.24, 2.45) is 0 Å². The minimum Gasteiger partial charge on any atom is -0.391 e. The molecule has 0 N–H and O–H groups in total. The lowest BCUT2D eigenvalue weighted by molar-refractivity contribution is 0.0999. The van der Waals surface area contributed by atoms with Crippen LogP contribution in [-0.4, -0.2) is 22.0 Å². The van der Waals surface area contributed by atoms with Crippen LogP contribution in [0.3, 0.4) is 0 Å². The van der Waals surface area contributed by atoms with E-state index < -0.39 is 0 Å². The Bertz CT molecular complexity index is 735. The number of carbonyl (C=O) groups excluding carboxylic acids is 1. The van der Waals surface area contributed by atoms with Crippen molar-refractivity contribution < 1.29 is 9.53 Å². The Labute approximate surface area is 130 Å². The lowest BCUT2D eigenvalue weighted by Crippen LogP contribution is -2.45. The molecule has 114 valence electrons. The first-order valence-electron chi connectivity index (χ1n) is 8.09. The fourth-order valence-corrected chi connectivity index (χ4v) is 3.58. The minimum atomic E-state index is -0.238. The Morgan fingerprint density at radius 3 is 2.82 bits per heavy atom. The molecule has 0 spiro atoms. The minimum absolute atomic E-state index is 0.238. The molecular formula is C18H20N2O2. The molecule has 1 fully saturated rings. The number of hydrogen-bond acceptors (Lipinski definition) is 3. The highest BCUT2D eigenvalue weighted by Gasteiger charge is 2.32. The highest BCUT2D eigenvalue weighted by molar-refractivity contribution is 5.83. The van der Waals surface area contributed by atoms with Crippen LogP contribution in [0.1, 0.15) is 43.2 Å². The number of ether oxygens (including phenoxy) is 1. The summed E-state index contributed by atoms with van der Waals surface area (Å²) in [4.78, 5) is 18.7. The van der Waals surface area contributed by atoms with E-state index in [9.17, 15) is 4.79 Å². The summed E-state index contributed by atoms with van der Waals surface area (Å²) >= 11 is 0. The number of fused-ring (bicyclic) bond motifs is 2. The number of carbonyl (C=O) groups is 1. The Hall–Kier alpha value is -2.10. The van der Waals surface area contributed by atoms with Gasteiger partial charge < -0.3 is 9.64 Å². The van der Waals surface area contributed by atoms with Crippen molar-refractivity contribution in [3.8, 4) is 5.88 Å². The number of aryl methyl sites for hydroxylation is 1. The summed E-state index contributed by atoms with van der Waals surface area (Å²) in [7, 11) is 0. The Balaban J connectivity index is 1.70. The highest BCUT2D eigenvalue weighted by Crippen LogP contribution is 2.32. The summed E-state index contributed by atoms with van der Waals surface area (Å²) in [6, 6.07) is 8.58. The van der Waals surface area contributed by atoms with Crippen LogP contribution < -0.4 is 4.74 Å². The molecule has 2 aliphatic rings. The zero-order valence-electron chi connectivity index (χ0n) is 12.8. The molecule has 22 heavy (non-hydrogen) atoms. The van der Waals surface area contributed by atoms with Crippen LogP contribution >= 0.6 is 0 Å². The highest BCUT2D eigenvalue weighted by atomic mass is 16.6. The number of rotatable bonds is 1. The molecule has 1 amide bonds. The maximum atomic E-state index is 12.3. The molecule has 0 saturated heterocycles. The van der Waals surface area contributed by atoms with Crippen LogP contribution in [0.5, 0.6) is 5.88 Å². The third kappa shape index (κ3) is 2.32. The van der Waals surface area contributed by atoms with Crippen LogP contribution in [0.2, 0.25) is 0 Å². The topological polar surface area (TPSA) is 42.4 Å². The fraction of sp³-hybridized carbons (Fsp3) is 0.444. The number of nitrogens with zero attached hydrogens (tertiary/aromatic N) is 2. The second kappa shape index (κ2) is 5.27. The van der Waals surface area contributed by atoms with Gasteiger partial charge >= 0.3 is 6.09 Å². The normalized spacial score (nSPS) is 19.1. The van der Waals surface area contributed by atoms with Crippen molar-refractivity contribution in [1.29, 1.82) is 0 Å². The van der Waals surface area contributed by atoms with Gasteiger partial charge in [0.05, 0.1) is 12.1 Å². The number of pyridine rings is 1. The quantitative estimate of drug-likeness (QED) is 0.792. The van der Waals surface area contributed by atoms with Crippen molar-refractivity contribution >= 4 is 17.0 Å². The summed E-state index contributed by atoms with van der Waals surface area (Å²) in [6.07, 6.45) is 5.63. The Morgan fingerprint density at radius 2 is 2.00 bits per heavy atom. The van der Waals surface area contributed by atoms with E-state index in [1.165, 1.54) is 24.8 Å². The third-order valence-electron chi connectivity index (χ3n) is 4.78. The van der Waals surface area contributed by atoms with E-state index in [0.29, 0.717) is 18.5 Å². The number of amides is 1. The van der Waals surface area contributed by atoms with Crippen molar-refractivity contribution in [3.05, 3.63) is 35.4 Å². The summed E-state index contributed by atoms with van der Waals surface area (Å²) in [5.74, 6) is 0.480. The predicted octanol–water partition coefficient (Wildman–Crippen LogP) is 4.19. The molecule has 2 heterocycles. The molecule has 2 aromatic rings. The predicted molar refractivity (Wildman–Crippen MR) is 84.9 cm³/mol. The molecular weight excluding hydrogens is 276 g/mol. The van der Waals surface area contributed by atoms with E-state index in [4.69, 9.17) is 4.74 Å². The molecule has 0 bridgehead atoms. The number of benzene rings is 1. The Morgan fingerprint density at radius 1 is 1.18 bits per heavy atom. The second-order valence-corrected chi connectivity index (χ2v) is 6.44. The van der Waals surface area contributed by atoms with Gasteiger partial charge in [-0.05, 0) is 38.0 Å². The number of aromatic nitrogens is 1. The summed E-state index contributed by atoms with van der Waals surface area (Å²) in [6.45, 7) is 2.70. The van der Waals surface area contributed by atoms with Crippen LogP contribution in [-0.2, 0) is 6.54 Å². The van der Waals surface area contributed by atoms with Gasteiger partial charge in [-0.25, -0.2) is 9.78 Å². The van der Waals surface area contributed by atoms with E-state index >= 15 is 0 Å². The van der Waals surface area contributed by atoms with E-state index in [-0.39, 0.29) is 6.09 Å². The van der Waals surface area contributed by atoms with Gasteiger partial charge in [0, 0.05) is 17.0 Å². The van der Waals surface area contributed by atoms with Gasteiger partial charge in [-0.3, -0.25) is 0 Å². The van der Waals surface area contributed by atoms with Gasteiger partial charge in [0.25, 0.3) is 0 Å². The molecule has 0 atom stereocenters. The number of hydrogen-bond donors (Lipinski definition) is 0. The van der Waals surface area contributed by atoms with E-state index in [1.54, 1.807) is 0 Å². The average molecular weight is 296 g/mol. The maximum Gasteiger partial charge on any atom is 0.417 e. The molecule has 1 aromatic carbocycles. The fourth-order valence-electron chi connectivity index (χ4n) is 3.58. The second-order valence-electron chi connectivity index (χ2n) is 6.44. The maximum absolute atomic E-state index is 12.3. The van der Waals surface area contributed by atoms with Gasteiger partial charge in [0.1, 0.15) is 0 Å². The van der Waals surface area contributed by atoms with Crippen LogP contribution in [0.4, 0.5) is 4.79 Å². The largest absolute Gasteiger partial charge is 0.417 e.